The van der Waals surface area contributed by atoms with E-state index in [0.717, 1.165) is 28.7 Å². The molecule has 0 saturated heterocycles. The second-order valence-corrected chi connectivity index (χ2v) is 9.52. The van der Waals surface area contributed by atoms with Crippen molar-refractivity contribution in [1.82, 2.24) is 0 Å². The number of rotatable bonds is 3. The van der Waals surface area contributed by atoms with Crippen LogP contribution in [0, 0.1) is 24.7 Å². The SMILES string of the molecule is CCc1ccc(-c2ccc(C)c(C)c2)cc1C1=C(O)C(C)(C)CC(C)(C)C1=O. The fraction of sp³-hybridized carbons (Fsp3) is 0.423. The van der Waals surface area contributed by atoms with Gasteiger partial charge in [-0.1, -0.05) is 65.0 Å². The van der Waals surface area contributed by atoms with Crippen LogP contribution in [0.2, 0.25) is 0 Å². The average molecular weight is 377 g/mol. The second kappa shape index (κ2) is 6.92. The molecule has 0 fully saturated rings. The number of ketones is 1. The summed E-state index contributed by atoms with van der Waals surface area (Å²) >= 11 is 0. The summed E-state index contributed by atoms with van der Waals surface area (Å²) in [7, 11) is 0. The maximum Gasteiger partial charge on any atom is 0.172 e. The number of carbonyl (C=O) groups excluding carboxylic acids is 1. The zero-order chi connectivity index (χ0) is 20.9. The van der Waals surface area contributed by atoms with Crippen molar-refractivity contribution in [2.24, 2.45) is 10.8 Å². The predicted octanol–water partition coefficient (Wildman–Crippen LogP) is 6.83. The second-order valence-electron chi connectivity index (χ2n) is 9.52. The molecule has 2 heteroatoms. The molecule has 0 heterocycles. The minimum absolute atomic E-state index is 0.0382. The molecule has 1 N–H and O–H groups in total. The summed E-state index contributed by atoms with van der Waals surface area (Å²) in [6.07, 6.45) is 1.46. The Morgan fingerprint density at radius 3 is 2.11 bits per heavy atom. The van der Waals surface area contributed by atoms with Crippen molar-refractivity contribution in [2.45, 2.75) is 61.3 Å². The molecule has 2 nitrogen and oxygen atoms in total. The lowest BCUT2D eigenvalue weighted by Gasteiger charge is -2.40. The topological polar surface area (TPSA) is 37.3 Å². The number of aryl methyl sites for hydroxylation is 3. The van der Waals surface area contributed by atoms with Gasteiger partial charge in [-0.25, -0.2) is 0 Å². The van der Waals surface area contributed by atoms with Crippen LogP contribution < -0.4 is 0 Å². The predicted molar refractivity (Wildman–Crippen MR) is 117 cm³/mol. The minimum atomic E-state index is -0.494. The number of allylic oxidation sites excluding steroid dienone is 2. The normalized spacial score (nSPS) is 18.5. The Kier molecular flexibility index (Phi) is 5.04. The highest BCUT2D eigenvalue weighted by molar-refractivity contribution is 6.25. The van der Waals surface area contributed by atoms with Gasteiger partial charge in [-0.05, 0) is 66.1 Å². The standard InChI is InChI=1S/C26H32O2/c1-8-18-11-12-20(19-10-9-16(2)17(3)13-19)14-21(18)22-23(27)25(4,5)15-26(6,7)24(22)28/h9-14,27H,8,15H2,1-7H3. The van der Waals surface area contributed by atoms with Crippen LogP contribution >= 0.6 is 0 Å². The lowest BCUT2D eigenvalue weighted by molar-refractivity contribution is -0.124. The van der Waals surface area contributed by atoms with E-state index in [2.05, 4.69) is 57.2 Å². The van der Waals surface area contributed by atoms with Gasteiger partial charge in [0.05, 0.1) is 5.57 Å². The van der Waals surface area contributed by atoms with Gasteiger partial charge in [-0.3, -0.25) is 4.79 Å². The van der Waals surface area contributed by atoms with Gasteiger partial charge in [0.25, 0.3) is 0 Å². The number of Topliss-reactive ketones (excluding diaryl/α,β-unsaturated/α-hetero) is 1. The first-order valence-corrected chi connectivity index (χ1v) is 10.2. The number of hydrogen-bond donors (Lipinski definition) is 1. The monoisotopic (exact) mass is 376 g/mol. The highest BCUT2D eigenvalue weighted by Crippen LogP contribution is 2.49. The number of carbonyl (C=O) groups is 1. The van der Waals surface area contributed by atoms with Gasteiger partial charge < -0.3 is 5.11 Å². The molecule has 0 saturated carbocycles. The number of aliphatic hydroxyl groups excluding tert-OH is 1. The Hall–Kier alpha value is -2.35. The molecule has 0 spiro atoms. The van der Waals surface area contributed by atoms with E-state index in [1.54, 1.807) is 0 Å². The Morgan fingerprint density at radius 1 is 0.893 bits per heavy atom. The maximum absolute atomic E-state index is 13.3. The van der Waals surface area contributed by atoms with Crippen LogP contribution in [0.5, 0.6) is 0 Å². The summed E-state index contributed by atoms with van der Waals surface area (Å²) in [5.41, 5.74) is 6.28. The van der Waals surface area contributed by atoms with Crippen molar-refractivity contribution in [3.63, 3.8) is 0 Å². The fourth-order valence-corrected chi connectivity index (χ4v) is 4.52. The zero-order valence-corrected chi connectivity index (χ0v) is 18.2. The average Bonchev–Trinajstić information content (AvgIpc) is 2.62. The van der Waals surface area contributed by atoms with Gasteiger partial charge in [0.15, 0.2) is 5.78 Å². The molecular weight excluding hydrogens is 344 g/mol. The number of benzene rings is 2. The zero-order valence-electron chi connectivity index (χ0n) is 18.2. The van der Waals surface area contributed by atoms with E-state index in [-0.39, 0.29) is 11.5 Å². The van der Waals surface area contributed by atoms with Crippen molar-refractivity contribution in [3.8, 4) is 11.1 Å². The number of hydrogen-bond acceptors (Lipinski definition) is 2. The summed E-state index contributed by atoms with van der Waals surface area (Å²) in [6.45, 7) is 14.3. The molecule has 28 heavy (non-hydrogen) atoms. The molecular formula is C26H32O2. The minimum Gasteiger partial charge on any atom is -0.511 e. The van der Waals surface area contributed by atoms with E-state index in [9.17, 15) is 9.90 Å². The Bertz CT molecular complexity index is 974. The van der Waals surface area contributed by atoms with Gasteiger partial charge in [0.2, 0.25) is 0 Å². The molecule has 0 unspecified atom stereocenters. The van der Waals surface area contributed by atoms with E-state index in [0.29, 0.717) is 12.0 Å². The molecule has 0 aromatic heterocycles. The highest BCUT2D eigenvalue weighted by atomic mass is 16.3. The molecule has 3 rings (SSSR count). The molecule has 0 aliphatic heterocycles. The molecule has 1 aliphatic carbocycles. The van der Waals surface area contributed by atoms with Crippen molar-refractivity contribution in [1.29, 1.82) is 0 Å². The van der Waals surface area contributed by atoms with Gasteiger partial charge >= 0.3 is 0 Å². The molecule has 0 amide bonds. The first-order chi connectivity index (χ1) is 13.0. The van der Waals surface area contributed by atoms with Gasteiger partial charge in [-0.15, -0.1) is 0 Å². The fourth-order valence-electron chi connectivity index (χ4n) is 4.52. The van der Waals surface area contributed by atoms with Crippen LogP contribution in [0.3, 0.4) is 0 Å². The number of aliphatic hydroxyl groups is 1. The van der Waals surface area contributed by atoms with Crippen molar-refractivity contribution in [3.05, 3.63) is 64.4 Å². The smallest absolute Gasteiger partial charge is 0.172 e. The molecule has 0 atom stereocenters. The molecule has 0 radical (unpaired) electrons. The van der Waals surface area contributed by atoms with Gasteiger partial charge in [-0.2, -0.15) is 0 Å². The molecule has 2 aromatic rings. The van der Waals surface area contributed by atoms with E-state index < -0.39 is 10.8 Å². The van der Waals surface area contributed by atoms with Crippen molar-refractivity contribution < 1.29 is 9.90 Å². The summed E-state index contributed by atoms with van der Waals surface area (Å²) in [5.74, 6) is 0.264. The van der Waals surface area contributed by atoms with Crippen LogP contribution in [-0.2, 0) is 11.2 Å². The van der Waals surface area contributed by atoms with Crippen molar-refractivity contribution in [2.75, 3.05) is 0 Å². The Morgan fingerprint density at radius 2 is 1.50 bits per heavy atom. The van der Waals surface area contributed by atoms with E-state index in [1.807, 2.05) is 27.7 Å². The van der Waals surface area contributed by atoms with E-state index in [1.165, 1.54) is 11.1 Å². The first kappa shape index (κ1) is 20.4. The van der Waals surface area contributed by atoms with Gasteiger partial charge in [0.1, 0.15) is 5.76 Å². The summed E-state index contributed by atoms with van der Waals surface area (Å²) in [6, 6.07) is 12.7. The van der Waals surface area contributed by atoms with E-state index in [4.69, 9.17) is 0 Å². The largest absolute Gasteiger partial charge is 0.511 e. The van der Waals surface area contributed by atoms with Crippen LogP contribution in [0.4, 0.5) is 0 Å². The van der Waals surface area contributed by atoms with Crippen LogP contribution in [0.15, 0.2) is 42.2 Å². The lowest BCUT2D eigenvalue weighted by atomic mass is 9.63. The van der Waals surface area contributed by atoms with Crippen LogP contribution in [0.1, 0.15) is 63.3 Å². The maximum atomic E-state index is 13.3. The molecule has 2 aromatic carbocycles. The third kappa shape index (κ3) is 3.41. The molecule has 148 valence electrons. The van der Waals surface area contributed by atoms with Gasteiger partial charge in [0, 0.05) is 10.8 Å². The lowest BCUT2D eigenvalue weighted by Crippen LogP contribution is -2.38. The van der Waals surface area contributed by atoms with Crippen LogP contribution in [-0.4, -0.2) is 10.9 Å². The third-order valence-corrected chi connectivity index (χ3v) is 6.20. The molecule has 0 bridgehead atoms. The summed E-state index contributed by atoms with van der Waals surface area (Å²) in [5, 5.41) is 11.1. The Labute approximate surface area is 169 Å². The first-order valence-electron chi connectivity index (χ1n) is 10.2. The third-order valence-electron chi connectivity index (χ3n) is 6.20. The van der Waals surface area contributed by atoms with Crippen LogP contribution in [0.25, 0.3) is 16.7 Å². The van der Waals surface area contributed by atoms with E-state index >= 15 is 0 Å². The van der Waals surface area contributed by atoms with Crippen molar-refractivity contribution >= 4 is 11.4 Å². The summed E-state index contributed by atoms with van der Waals surface area (Å²) < 4.78 is 0. The Balaban J connectivity index is 2.25. The summed E-state index contributed by atoms with van der Waals surface area (Å²) in [4.78, 5) is 13.3. The highest BCUT2D eigenvalue weighted by Gasteiger charge is 2.46. The quantitative estimate of drug-likeness (QED) is 0.637. The molecule has 1 aliphatic rings.